The average Bonchev–Trinajstić information content (AvgIpc) is 2.61. The number of hydrazine groups is 1. The molecule has 1 aromatic heterocycles. The number of aromatic amines is 1. The lowest BCUT2D eigenvalue weighted by Crippen LogP contribution is -2.45. The molecule has 0 atom stereocenters. The van der Waals surface area contributed by atoms with Gasteiger partial charge in [-0.1, -0.05) is 30.3 Å². The zero-order valence-corrected chi connectivity index (χ0v) is 13.1. The fourth-order valence-corrected chi connectivity index (χ4v) is 2.19. The van der Waals surface area contributed by atoms with Gasteiger partial charge in [-0.15, -0.1) is 0 Å². The first kappa shape index (κ1) is 16.2. The summed E-state index contributed by atoms with van der Waals surface area (Å²) in [5.41, 5.74) is 5.84. The number of fused-ring (bicyclic) bond motifs is 1. The van der Waals surface area contributed by atoms with Gasteiger partial charge in [-0.25, -0.2) is 15.2 Å². The lowest BCUT2D eigenvalue weighted by atomic mass is 10.2. The fourth-order valence-electron chi connectivity index (χ4n) is 2.19. The van der Waals surface area contributed by atoms with Gasteiger partial charge < -0.3 is 10.3 Å². The van der Waals surface area contributed by atoms with Crippen molar-refractivity contribution >= 4 is 28.7 Å². The van der Waals surface area contributed by atoms with Crippen LogP contribution in [-0.4, -0.2) is 21.9 Å². The highest BCUT2D eigenvalue weighted by molar-refractivity contribution is 5.91. The summed E-state index contributed by atoms with van der Waals surface area (Å²) >= 11 is 0. The number of carbonyl (C=O) groups is 2. The van der Waals surface area contributed by atoms with Crippen molar-refractivity contribution in [1.29, 1.82) is 0 Å². The van der Waals surface area contributed by atoms with Crippen molar-refractivity contribution in [1.82, 2.24) is 20.8 Å². The third-order valence-electron chi connectivity index (χ3n) is 3.34. The molecule has 0 spiro atoms. The highest BCUT2D eigenvalue weighted by Gasteiger charge is 2.11. The van der Waals surface area contributed by atoms with Crippen molar-refractivity contribution in [2.24, 2.45) is 0 Å². The molecule has 126 valence electrons. The van der Waals surface area contributed by atoms with Gasteiger partial charge in [-0.3, -0.25) is 15.0 Å². The summed E-state index contributed by atoms with van der Waals surface area (Å²) in [4.78, 5) is 42.4. The van der Waals surface area contributed by atoms with Crippen molar-refractivity contribution < 1.29 is 9.59 Å². The largest absolute Gasteiger partial charge is 0.337 e. The number of carbonyl (C=O) groups excluding carboxylic acids is 2. The normalized spacial score (nSPS) is 10.2. The van der Waals surface area contributed by atoms with Gasteiger partial charge in [0, 0.05) is 5.69 Å². The number of hydrogen-bond donors (Lipinski definition) is 4. The number of H-pyrrole nitrogens is 1. The van der Waals surface area contributed by atoms with E-state index in [1.165, 1.54) is 0 Å². The Kier molecular flexibility index (Phi) is 4.70. The monoisotopic (exact) mass is 337 g/mol. The van der Waals surface area contributed by atoms with Gasteiger partial charge in [0.25, 0.3) is 5.56 Å². The molecule has 0 saturated carbocycles. The Labute approximate surface area is 142 Å². The summed E-state index contributed by atoms with van der Waals surface area (Å²) in [6, 6.07) is 15.2. The third-order valence-corrected chi connectivity index (χ3v) is 3.34. The first-order valence-electron chi connectivity index (χ1n) is 7.50. The van der Waals surface area contributed by atoms with E-state index in [4.69, 9.17) is 0 Å². The van der Waals surface area contributed by atoms with E-state index >= 15 is 0 Å². The maximum Gasteiger partial charge on any atom is 0.337 e. The predicted octanol–water partition coefficient (Wildman–Crippen LogP) is 1.32. The summed E-state index contributed by atoms with van der Waals surface area (Å²) in [5.74, 6) is -0.559. The lowest BCUT2D eigenvalue weighted by molar-refractivity contribution is -0.121. The Hall–Kier alpha value is -3.68. The Bertz CT molecular complexity index is 969. The molecule has 3 rings (SSSR count). The van der Waals surface area contributed by atoms with Crippen LogP contribution in [0.25, 0.3) is 11.0 Å². The van der Waals surface area contributed by atoms with Gasteiger partial charge in [0.15, 0.2) is 0 Å². The molecular formula is C17H15N5O3. The summed E-state index contributed by atoms with van der Waals surface area (Å²) in [6.45, 7) is 0. The third kappa shape index (κ3) is 4.20. The molecule has 0 aliphatic rings. The fraction of sp³-hybridized carbons (Fsp3) is 0.0588. The van der Waals surface area contributed by atoms with Crippen LogP contribution in [0.4, 0.5) is 10.5 Å². The van der Waals surface area contributed by atoms with E-state index in [1.807, 2.05) is 6.07 Å². The van der Waals surface area contributed by atoms with Gasteiger partial charge in [-0.2, -0.15) is 0 Å². The second kappa shape index (κ2) is 7.26. The Balaban J connectivity index is 1.58. The van der Waals surface area contributed by atoms with E-state index < -0.39 is 17.5 Å². The second-order valence-corrected chi connectivity index (χ2v) is 5.20. The zero-order chi connectivity index (χ0) is 17.6. The number of hydrogen-bond acceptors (Lipinski definition) is 4. The van der Waals surface area contributed by atoms with Gasteiger partial charge in [-0.05, 0) is 24.3 Å². The molecule has 0 radical (unpaired) electrons. The molecule has 8 nitrogen and oxygen atoms in total. The lowest BCUT2D eigenvalue weighted by Gasteiger charge is -2.08. The average molecular weight is 337 g/mol. The summed E-state index contributed by atoms with van der Waals surface area (Å²) in [7, 11) is 0. The highest BCUT2D eigenvalue weighted by Crippen LogP contribution is 2.06. The molecule has 1 heterocycles. The number of nitrogens with one attached hydrogen (secondary N) is 4. The number of benzene rings is 2. The quantitative estimate of drug-likeness (QED) is 0.539. The molecule has 0 unspecified atom stereocenters. The molecule has 0 aliphatic heterocycles. The van der Waals surface area contributed by atoms with Crippen molar-refractivity contribution in [2.45, 2.75) is 6.42 Å². The van der Waals surface area contributed by atoms with Crippen LogP contribution < -0.4 is 21.7 Å². The second-order valence-electron chi connectivity index (χ2n) is 5.20. The maximum absolute atomic E-state index is 12.0. The van der Waals surface area contributed by atoms with Gasteiger partial charge in [0.1, 0.15) is 5.69 Å². The minimum absolute atomic E-state index is 0.0708. The Morgan fingerprint density at radius 3 is 2.48 bits per heavy atom. The van der Waals surface area contributed by atoms with Crippen molar-refractivity contribution in [3.63, 3.8) is 0 Å². The van der Waals surface area contributed by atoms with E-state index in [-0.39, 0.29) is 12.1 Å². The zero-order valence-electron chi connectivity index (χ0n) is 13.1. The predicted molar refractivity (Wildman–Crippen MR) is 92.8 cm³/mol. The van der Waals surface area contributed by atoms with Crippen LogP contribution in [0.3, 0.4) is 0 Å². The summed E-state index contributed by atoms with van der Waals surface area (Å²) in [6.07, 6.45) is -0.258. The number of para-hydroxylation sites is 3. The molecule has 0 fully saturated rings. The van der Waals surface area contributed by atoms with Crippen LogP contribution in [0.1, 0.15) is 5.69 Å². The van der Waals surface area contributed by atoms with Gasteiger partial charge in [0.2, 0.25) is 5.91 Å². The number of anilines is 1. The van der Waals surface area contributed by atoms with E-state index in [0.717, 1.165) is 0 Å². The smallest absolute Gasteiger partial charge is 0.319 e. The van der Waals surface area contributed by atoms with E-state index in [1.54, 1.807) is 48.5 Å². The molecule has 8 heteroatoms. The molecule has 25 heavy (non-hydrogen) atoms. The minimum atomic E-state index is -0.597. The van der Waals surface area contributed by atoms with Crippen LogP contribution in [-0.2, 0) is 11.2 Å². The molecule has 3 amide bonds. The number of urea groups is 1. The van der Waals surface area contributed by atoms with Gasteiger partial charge in [0.05, 0.1) is 17.5 Å². The molecule has 4 N–H and O–H groups in total. The Morgan fingerprint density at radius 2 is 1.68 bits per heavy atom. The summed E-state index contributed by atoms with van der Waals surface area (Å²) in [5, 5.41) is 2.55. The van der Waals surface area contributed by atoms with Crippen LogP contribution in [0, 0.1) is 0 Å². The van der Waals surface area contributed by atoms with Crippen LogP contribution >= 0.6 is 0 Å². The number of amides is 3. The van der Waals surface area contributed by atoms with Crippen molar-refractivity contribution in [3.05, 3.63) is 70.6 Å². The van der Waals surface area contributed by atoms with Crippen molar-refractivity contribution in [3.8, 4) is 0 Å². The molecule has 0 aliphatic carbocycles. The summed E-state index contributed by atoms with van der Waals surface area (Å²) < 4.78 is 0. The first-order valence-corrected chi connectivity index (χ1v) is 7.50. The molecule has 0 bridgehead atoms. The minimum Gasteiger partial charge on any atom is -0.319 e. The Morgan fingerprint density at radius 1 is 0.960 bits per heavy atom. The standard InChI is InChI=1S/C17H15N5O3/c23-15(21-22-17(25)18-11-6-2-1-3-7-11)10-14-16(24)20-13-9-5-4-8-12(13)19-14/h1-9H,10H2,(H,20,24)(H,21,23)(H2,18,22,25). The van der Waals surface area contributed by atoms with Crippen LogP contribution in [0.2, 0.25) is 0 Å². The topological polar surface area (TPSA) is 116 Å². The number of nitrogens with zero attached hydrogens (tertiary/aromatic N) is 1. The highest BCUT2D eigenvalue weighted by atomic mass is 16.2. The van der Waals surface area contributed by atoms with Crippen LogP contribution in [0.5, 0.6) is 0 Å². The molecular weight excluding hydrogens is 322 g/mol. The molecule has 0 saturated heterocycles. The number of aromatic nitrogens is 2. The van der Waals surface area contributed by atoms with E-state index in [0.29, 0.717) is 16.7 Å². The van der Waals surface area contributed by atoms with Gasteiger partial charge >= 0.3 is 6.03 Å². The van der Waals surface area contributed by atoms with Crippen molar-refractivity contribution in [2.75, 3.05) is 5.32 Å². The molecule has 3 aromatic rings. The SMILES string of the molecule is O=C(Cc1nc2ccccc2[nH]c1=O)NNC(=O)Nc1ccccc1. The van der Waals surface area contributed by atoms with E-state index in [2.05, 4.69) is 26.1 Å². The first-order chi connectivity index (χ1) is 12.1. The molecule has 2 aromatic carbocycles. The number of rotatable bonds is 3. The maximum atomic E-state index is 12.0. The van der Waals surface area contributed by atoms with E-state index in [9.17, 15) is 14.4 Å². The van der Waals surface area contributed by atoms with Crippen LogP contribution in [0.15, 0.2) is 59.4 Å².